The van der Waals surface area contributed by atoms with Gasteiger partial charge in [0.25, 0.3) is 0 Å². The summed E-state index contributed by atoms with van der Waals surface area (Å²) < 4.78 is 0. The van der Waals surface area contributed by atoms with Crippen molar-refractivity contribution in [3.63, 3.8) is 0 Å². The van der Waals surface area contributed by atoms with Crippen molar-refractivity contribution in [2.24, 2.45) is 0 Å². The lowest BCUT2D eigenvalue weighted by Gasteiger charge is -2.16. The highest BCUT2D eigenvalue weighted by atomic mass is 35.5. The van der Waals surface area contributed by atoms with Crippen LogP contribution in [0.4, 0.5) is 5.69 Å². The van der Waals surface area contributed by atoms with Gasteiger partial charge < -0.3 is 5.32 Å². The van der Waals surface area contributed by atoms with Gasteiger partial charge in [0, 0.05) is 16.8 Å². The second-order valence-electron chi connectivity index (χ2n) is 4.05. The molecule has 94 valence electrons. The number of nitrogens with one attached hydrogen (secondary N) is 1. The molecule has 0 saturated carbocycles. The topological polar surface area (TPSA) is 12.0 Å². The molecule has 0 aliphatic rings. The third kappa shape index (κ3) is 3.32. The molecule has 0 bridgehead atoms. The molecule has 1 N–H and O–H groups in total. The molecule has 0 fully saturated rings. The van der Waals surface area contributed by atoms with E-state index in [1.165, 1.54) is 0 Å². The summed E-state index contributed by atoms with van der Waals surface area (Å²) >= 11 is 17.7. The lowest BCUT2D eigenvalue weighted by molar-refractivity contribution is 0.885. The van der Waals surface area contributed by atoms with Crippen molar-refractivity contribution in [3.8, 4) is 0 Å². The molecule has 1 nitrogen and oxygen atoms in total. The highest BCUT2D eigenvalue weighted by Gasteiger charge is 2.06. The van der Waals surface area contributed by atoms with Crippen molar-refractivity contribution in [2.45, 2.75) is 13.0 Å². The molecule has 0 amide bonds. The number of rotatable bonds is 3. The summed E-state index contributed by atoms with van der Waals surface area (Å²) in [7, 11) is 0. The van der Waals surface area contributed by atoms with E-state index in [9.17, 15) is 0 Å². The third-order valence-corrected chi connectivity index (χ3v) is 3.66. The zero-order chi connectivity index (χ0) is 13.1. The van der Waals surface area contributed by atoms with Gasteiger partial charge in [0.1, 0.15) is 0 Å². The number of benzene rings is 2. The van der Waals surface area contributed by atoms with E-state index < -0.39 is 0 Å². The molecule has 1 unspecified atom stereocenters. The Kier molecular flexibility index (Phi) is 4.39. The maximum absolute atomic E-state index is 5.97. The first-order valence-corrected chi connectivity index (χ1v) is 6.66. The lowest BCUT2D eigenvalue weighted by atomic mass is 10.1. The number of hydrogen-bond donors (Lipinski definition) is 1. The van der Waals surface area contributed by atoms with E-state index in [4.69, 9.17) is 34.8 Å². The maximum atomic E-state index is 5.97. The highest BCUT2D eigenvalue weighted by molar-refractivity contribution is 6.42. The Morgan fingerprint density at radius 3 is 2.17 bits per heavy atom. The molecule has 0 saturated heterocycles. The summed E-state index contributed by atoms with van der Waals surface area (Å²) in [6.07, 6.45) is 0. The van der Waals surface area contributed by atoms with E-state index in [1.807, 2.05) is 36.4 Å². The van der Waals surface area contributed by atoms with Crippen LogP contribution in [-0.4, -0.2) is 0 Å². The minimum atomic E-state index is 0.166. The summed E-state index contributed by atoms with van der Waals surface area (Å²) in [5, 5.41) is 5.20. The molecular weight excluding hydrogens is 289 g/mol. The first-order valence-electron chi connectivity index (χ1n) is 5.53. The third-order valence-electron chi connectivity index (χ3n) is 2.67. The Hall–Kier alpha value is -0.890. The quantitative estimate of drug-likeness (QED) is 0.753. The van der Waals surface area contributed by atoms with Crippen molar-refractivity contribution in [2.75, 3.05) is 5.32 Å². The van der Waals surface area contributed by atoms with E-state index in [2.05, 4.69) is 12.2 Å². The van der Waals surface area contributed by atoms with Gasteiger partial charge in [0.15, 0.2) is 0 Å². The van der Waals surface area contributed by atoms with Crippen LogP contribution in [0.25, 0.3) is 0 Å². The van der Waals surface area contributed by atoms with E-state index in [0.29, 0.717) is 10.0 Å². The Labute approximate surface area is 122 Å². The van der Waals surface area contributed by atoms with Crippen LogP contribution in [-0.2, 0) is 0 Å². The minimum absolute atomic E-state index is 0.166. The van der Waals surface area contributed by atoms with E-state index in [-0.39, 0.29) is 6.04 Å². The van der Waals surface area contributed by atoms with Crippen molar-refractivity contribution in [1.82, 2.24) is 0 Å². The van der Waals surface area contributed by atoms with Crippen molar-refractivity contribution in [1.29, 1.82) is 0 Å². The molecule has 2 rings (SSSR count). The van der Waals surface area contributed by atoms with Gasteiger partial charge in [0.05, 0.1) is 10.0 Å². The fraction of sp³-hybridized carbons (Fsp3) is 0.143. The predicted octanol–water partition coefficient (Wildman–Crippen LogP) is 5.82. The van der Waals surface area contributed by atoms with Gasteiger partial charge in [-0.3, -0.25) is 0 Å². The van der Waals surface area contributed by atoms with Crippen LogP contribution in [0.1, 0.15) is 18.5 Å². The number of hydrogen-bond acceptors (Lipinski definition) is 1. The summed E-state index contributed by atoms with van der Waals surface area (Å²) in [4.78, 5) is 0. The Morgan fingerprint density at radius 2 is 1.56 bits per heavy atom. The summed E-state index contributed by atoms with van der Waals surface area (Å²) in [6, 6.07) is 13.4. The largest absolute Gasteiger partial charge is 0.378 e. The molecule has 18 heavy (non-hydrogen) atoms. The van der Waals surface area contributed by atoms with Gasteiger partial charge >= 0.3 is 0 Å². The van der Waals surface area contributed by atoms with E-state index >= 15 is 0 Å². The number of anilines is 1. The standard InChI is InChI=1S/C14H12Cl3N/c1-9(10-2-4-11(15)5-3-10)18-12-6-7-13(16)14(17)8-12/h2-9,18H,1H3. The molecule has 2 aromatic carbocycles. The Balaban J connectivity index is 2.13. The van der Waals surface area contributed by atoms with Crippen LogP contribution in [0.5, 0.6) is 0 Å². The lowest BCUT2D eigenvalue weighted by Crippen LogP contribution is -2.06. The van der Waals surface area contributed by atoms with Gasteiger partial charge in [-0.05, 0) is 42.8 Å². The molecular formula is C14H12Cl3N. The average molecular weight is 301 g/mol. The SMILES string of the molecule is CC(Nc1ccc(Cl)c(Cl)c1)c1ccc(Cl)cc1. The fourth-order valence-electron chi connectivity index (χ4n) is 1.67. The van der Waals surface area contributed by atoms with E-state index in [1.54, 1.807) is 6.07 Å². The van der Waals surface area contributed by atoms with Gasteiger partial charge in [-0.2, -0.15) is 0 Å². The summed E-state index contributed by atoms with van der Waals surface area (Å²) in [5.74, 6) is 0. The van der Waals surface area contributed by atoms with Crippen LogP contribution in [0, 0.1) is 0 Å². The molecule has 0 aromatic heterocycles. The van der Waals surface area contributed by atoms with Crippen molar-refractivity contribution >= 4 is 40.5 Å². The smallest absolute Gasteiger partial charge is 0.0612 e. The molecule has 0 radical (unpaired) electrons. The van der Waals surface area contributed by atoms with Crippen molar-refractivity contribution < 1.29 is 0 Å². The Bertz CT molecular complexity index is 537. The normalized spacial score (nSPS) is 12.2. The fourth-order valence-corrected chi connectivity index (χ4v) is 2.09. The van der Waals surface area contributed by atoms with E-state index in [0.717, 1.165) is 16.3 Å². The second-order valence-corrected chi connectivity index (χ2v) is 5.30. The molecule has 2 aromatic rings. The molecule has 0 spiro atoms. The summed E-state index contributed by atoms with van der Waals surface area (Å²) in [5.41, 5.74) is 2.09. The van der Waals surface area contributed by atoms with Crippen LogP contribution in [0.2, 0.25) is 15.1 Å². The van der Waals surface area contributed by atoms with Gasteiger partial charge in [-0.25, -0.2) is 0 Å². The van der Waals surface area contributed by atoms with Gasteiger partial charge in [-0.15, -0.1) is 0 Å². The monoisotopic (exact) mass is 299 g/mol. The average Bonchev–Trinajstić information content (AvgIpc) is 2.34. The van der Waals surface area contributed by atoms with Gasteiger partial charge in [0.2, 0.25) is 0 Å². The van der Waals surface area contributed by atoms with Crippen LogP contribution in [0.3, 0.4) is 0 Å². The molecule has 0 aliphatic carbocycles. The Morgan fingerprint density at radius 1 is 0.889 bits per heavy atom. The van der Waals surface area contributed by atoms with Crippen molar-refractivity contribution in [3.05, 3.63) is 63.1 Å². The first kappa shape index (κ1) is 13.5. The molecule has 0 heterocycles. The van der Waals surface area contributed by atoms with Crippen LogP contribution >= 0.6 is 34.8 Å². The van der Waals surface area contributed by atoms with Crippen LogP contribution < -0.4 is 5.32 Å². The predicted molar refractivity (Wildman–Crippen MR) is 80.0 cm³/mol. The highest BCUT2D eigenvalue weighted by Crippen LogP contribution is 2.27. The molecule has 0 aliphatic heterocycles. The number of halogens is 3. The molecule has 1 atom stereocenters. The minimum Gasteiger partial charge on any atom is -0.378 e. The van der Waals surface area contributed by atoms with Crippen LogP contribution in [0.15, 0.2) is 42.5 Å². The molecule has 4 heteroatoms. The maximum Gasteiger partial charge on any atom is 0.0612 e. The zero-order valence-corrected chi connectivity index (χ0v) is 12.0. The first-order chi connectivity index (χ1) is 8.56. The second kappa shape index (κ2) is 5.83. The summed E-state index contributed by atoms with van der Waals surface area (Å²) in [6.45, 7) is 2.08. The van der Waals surface area contributed by atoms with Gasteiger partial charge in [-0.1, -0.05) is 46.9 Å². The zero-order valence-electron chi connectivity index (χ0n) is 9.75.